The van der Waals surface area contributed by atoms with Gasteiger partial charge >= 0.3 is 0 Å². The lowest BCUT2D eigenvalue weighted by molar-refractivity contribution is -0.122. The van der Waals surface area contributed by atoms with Crippen molar-refractivity contribution in [1.29, 1.82) is 0 Å². The number of hydrogen-bond acceptors (Lipinski definition) is 3. The smallest absolute Gasteiger partial charge is 0.220 e. The molecule has 1 amide bonds. The first-order valence-electron chi connectivity index (χ1n) is 7.80. The number of hydrogen-bond donors (Lipinski definition) is 1. The number of amides is 1. The normalized spacial score (nSPS) is 21.8. The van der Waals surface area contributed by atoms with Crippen molar-refractivity contribution in [3.8, 4) is 0 Å². The van der Waals surface area contributed by atoms with Crippen molar-refractivity contribution in [1.82, 2.24) is 15.1 Å². The molecule has 0 aromatic rings. The molecule has 0 unspecified atom stereocenters. The molecule has 2 aliphatic rings. The largest absolute Gasteiger partial charge is 0.356 e. The molecule has 1 N–H and O–H groups in total. The van der Waals surface area contributed by atoms with Crippen molar-refractivity contribution in [2.75, 3.05) is 40.3 Å². The van der Waals surface area contributed by atoms with Crippen molar-refractivity contribution < 1.29 is 4.79 Å². The Morgan fingerprint density at radius 3 is 2.47 bits per heavy atom. The summed E-state index contributed by atoms with van der Waals surface area (Å²) in [5.41, 5.74) is 0. The Labute approximate surface area is 117 Å². The molecular formula is C15H29N3O. The van der Waals surface area contributed by atoms with Crippen LogP contribution in [0.5, 0.6) is 0 Å². The highest BCUT2D eigenvalue weighted by molar-refractivity contribution is 5.76. The van der Waals surface area contributed by atoms with Crippen molar-refractivity contribution >= 4 is 5.91 Å². The predicted octanol–water partition coefficient (Wildman–Crippen LogP) is 1.32. The average molecular weight is 267 g/mol. The van der Waals surface area contributed by atoms with Gasteiger partial charge in [-0.1, -0.05) is 0 Å². The van der Waals surface area contributed by atoms with Crippen LogP contribution in [0, 0.1) is 5.92 Å². The lowest BCUT2D eigenvalue weighted by atomic mass is 9.93. The van der Waals surface area contributed by atoms with E-state index in [9.17, 15) is 4.79 Å². The molecule has 0 spiro atoms. The lowest BCUT2D eigenvalue weighted by Gasteiger charge is -2.31. The minimum atomic E-state index is 0.253. The molecule has 2 fully saturated rings. The number of carbonyl (C=O) groups excluding carboxylic acids is 1. The number of carbonyl (C=O) groups is 1. The number of rotatable bonds is 7. The highest BCUT2D eigenvalue weighted by Gasteiger charge is 2.32. The van der Waals surface area contributed by atoms with E-state index in [1.54, 1.807) is 0 Å². The van der Waals surface area contributed by atoms with E-state index in [4.69, 9.17) is 0 Å². The first-order chi connectivity index (χ1) is 9.15. The third kappa shape index (κ3) is 5.49. The molecule has 4 nitrogen and oxygen atoms in total. The van der Waals surface area contributed by atoms with E-state index in [0.717, 1.165) is 32.0 Å². The summed E-state index contributed by atoms with van der Waals surface area (Å²) in [7, 11) is 4.13. The summed E-state index contributed by atoms with van der Waals surface area (Å²) in [4.78, 5) is 16.6. The molecule has 1 saturated carbocycles. The van der Waals surface area contributed by atoms with E-state index >= 15 is 0 Å². The molecule has 0 aromatic carbocycles. The van der Waals surface area contributed by atoms with Crippen LogP contribution in [0.25, 0.3) is 0 Å². The van der Waals surface area contributed by atoms with Gasteiger partial charge in [-0.15, -0.1) is 0 Å². The third-order valence-electron chi connectivity index (χ3n) is 4.29. The summed E-state index contributed by atoms with van der Waals surface area (Å²) >= 11 is 0. The number of piperidine rings is 1. The first-order valence-corrected chi connectivity index (χ1v) is 7.80. The molecule has 0 radical (unpaired) electrons. The minimum Gasteiger partial charge on any atom is -0.356 e. The maximum Gasteiger partial charge on any atom is 0.220 e. The molecule has 0 aromatic heterocycles. The predicted molar refractivity (Wildman–Crippen MR) is 78.1 cm³/mol. The van der Waals surface area contributed by atoms with Crippen LogP contribution >= 0.6 is 0 Å². The number of nitrogens with one attached hydrogen (secondary N) is 1. The summed E-state index contributed by atoms with van der Waals surface area (Å²) in [5, 5.41) is 3.05. The second-order valence-corrected chi connectivity index (χ2v) is 6.42. The van der Waals surface area contributed by atoms with Gasteiger partial charge in [0.2, 0.25) is 5.91 Å². The van der Waals surface area contributed by atoms with Crippen LogP contribution in [0.15, 0.2) is 0 Å². The minimum absolute atomic E-state index is 0.253. The van der Waals surface area contributed by atoms with Crippen molar-refractivity contribution in [2.45, 2.75) is 44.6 Å². The van der Waals surface area contributed by atoms with Crippen LogP contribution in [0.1, 0.15) is 38.5 Å². The molecule has 19 heavy (non-hydrogen) atoms. The van der Waals surface area contributed by atoms with E-state index in [1.165, 1.54) is 38.8 Å². The summed E-state index contributed by atoms with van der Waals surface area (Å²) in [5.74, 6) is 0.868. The van der Waals surface area contributed by atoms with Gasteiger partial charge in [-0.2, -0.15) is 0 Å². The molecule has 1 aliphatic carbocycles. The van der Waals surface area contributed by atoms with Crippen molar-refractivity contribution in [2.24, 2.45) is 5.92 Å². The zero-order chi connectivity index (χ0) is 13.7. The standard InChI is InChI=1S/C15H29N3O/c1-17(2)9-3-8-16-15(19)12-13-6-10-18(11-7-13)14-4-5-14/h13-14H,3-12H2,1-2H3,(H,16,19). The van der Waals surface area contributed by atoms with E-state index < -0.39 is 0 Å². The van der Waals surface area contributed by atoms with E-state index in [2.05, 4.69) is 29.2 Å². The lowest BCUT2D eigenvalue weighted by Crippen LogP contribution is -2.37. The summed E-state index contributed by atoms with van der Waals surface area (Å²) in [6.07, 6.45) is 7.00. The fourth-order valence-corrected chi connectivity index (χ4v) is 2.92. The van der Waals surface area contributed by atoms with Crippen LogP contribution in [0.2, 0.25) is 0 Å². The zero-order valence-electron chi connectivity index (χ0n) is 12.5. The summed E-state index contributed by atoms with van der Waals surface area (Å²) in [6.45, 7) is 4.28. The number of nitrogens with zero attached hydrogens (tertiary/aromatic N) is 2. The van der Waals surface area contributed by atoms with Gasteiger partial charge in [-0.05, 0) is 71.8 Å². The van der Waals surface area contributed by atoms with Gasteiger partial charge in [0.15, 0.2) is 0 Å². The Hall–Kier alpha value is -0.610. The fourth-order valence-electron chi connectivity index (χ4n) is 2.92. The van der Waals surface area contributed by atoms with Gasteiger partial charge in [-0.3, -0.25) is 4.79 Å². The van der Waals surface area contributed by atoms with Gasteiger partial charge in [0.1, 0.15) is 0 Å². The molecule has 0 bridgehead atoms. The zero-order valence-corrected chi connectivity index (χ0v) is 12.5. The molecule has 4 heteroatoms. The Morgan fingerprint density at radius 2 is 1.89 bits per heavy atom. The van der Waals surface area contributed by atoms with Crippen molar-refractivity contribution in [3.05, 3.63) is 0 Å². The van der Waals surface area contributed by atoms with Gasteiger partial charge in [0, 0.05) is 19.0 Å². The Morgan fingerprint density at radius 1 is 1.21 bits per heavy atom. The monoisotopic (exact) mass is 267 g/mol. The van der Waals surface area contributed by atoms with Gasteiger partial charge in [0.05, 0.1) is 0 Å². The Bertz CT molecular complexity index is 281. The highest BCUT2D eigenvalue weighted by Crippen LogP contribution is 2.31. The highest BCUT2D eigenvalue weighted by atomic mass is 16.1. The molecule has 1 heterocycles. The number of likely N-dealkylation sites (tertiary alicyclic amines) is 1. The van der Waals surface area contributed by atoms with Crippen LogP contribution in [-0.2, 0) is 4.79 Å². The van der Waals surface area contributed by atoms with Crippen LogP contribution in [0.4, 0.5) is 0 Å². The molecular weight excluding hydrogens is 238 g/mol. The van der Waals surface area contributed by atoms with E-state index in [1.807, 2.05) is 0 Å². The van der Waals surface area contributed by atoms with Crippen LogP contribution in [-0.4, -0.2) is 62.0 Å². The molecule has 2 rings (SSSR count). The van der Waals surface area contributed by atoms with Crippen LogP contribution in [0.3, 0.4) is 0 Å². The van der Waals surface area contributed by atoms with Gasteiger partial charge < -0.3 is 15.1 Å². The quantitative estimate of drug-likeness (QED) is 0.707. The molecule has 1 saturated heterocycles. The Balaban J connectivity index is 1.53. The van der Waals surface area contributed by atoms with Gasteiger partial charge in [-0.25, -0.2) is 0 Å². The second-order valence-electron chi connectivity index (χ2n) is 6.42. The second kappa shape index (κ2) is 7.25. The van der Waals surface area contributed by atoms with Gasteiger partial charge in [0.25, 0.3) is 0 Å². The maximum atomic E-state index is 11.8. The van der Waals surface area contributed by atoms with Crippen LogP contribution < -0.4 is 5.32 Å². The average Bonchev–Trinajstić information content (AvgIpc) is 3.20. The summed E-state index contributed by atoms with van der Waals surface area (Å²) < 4.78 is 0. The SMILES string of the molecule is CN(C)CCCNC(=O)CC1CCN(C2CC2)CC1. The van der Waals surface area contributed by atoms with E-state index in [0.29, 0.717) is 5.92 Å². The molecule has 0 atom stereocenters. The Kier molecular flexibility index (Phi) is 5.64. The molecule has 1 aliphatic heterocycles. The first kappa shape index (κ1) is 14.8. The fraction of sp³-hybridized carbons (Fsp3) is 0.933. The molecule has 110 valence electrons. The topological polar surface area (TPSA) is 35.6 Å². The summed E-state index contributed by atoms with van der Waals surface area (Å²) in [6, 6.07) is 0.890. The maximum absolute atomic E-state index is 11.8. The van der Waals surface area contributed by atoms with E-state index in [-0.39, 0.29) is 5.91 Å². The van der Waals surface area contributed by atoms with Crippen molar-refractivity contribution in [3.63, 3.8) is 0 Å². The third-order valence-corrected chi connectivity index (χ3v) is 4.29.